The lowest BCUT2D eigenvalue weighted by Gasteiger charge is -2.10. The normalized spacial score (nSPS) is 12.1. The second-order valence-electron chi connectivity index (χ2n) is 4.11. The Kier molecular flexibility index (Phi) is 4.01. The molecule has 0 spiro atoms. The summed E-state index contributed by atoms with van der Waals surface area (Å²) < 4.78 is 0. The summed E-state index contributed by atoms with van der Waals surface area (Å²) in [6, 6.07) is 6.90. The summed E-state index contributed by atoms with van der Waals surface area (Å²) in [6.45, 7) is 3.93. The molecule has 0 radical (unpaired) electrons. The fraction of sp³-hybridized carbons (Fsp3) is 0.231. The molecule has 0 aliphatic rings. The monoisotopic (exact) mass is 295 g/mol. The standard InChI is InChI=1S/C13H13NO3S2/c1-7-3-4-9(18-7)8(2)14-12(15)10-5-6-11(19-10)13(16)17/h3-6,8H,1-2H3,(H,14,15)(H,16,17). The Morgan fingerprint density at radius 3 is 2.37 bits per heavy atom. The van der Waals surface area contributed by atoms with Gasteiger partial charge in [0, 0.05) is 9.75 Å². The molecular formula is C13H13NO3S2. The van der Waals surface area contributed by atoms with Gasteiger partial charge in [-0.1, -0.05) is 0 Å². The lowest BCUT2D eigenvalue weighted by atomic mass is 10.2. The van der Waals surface area contributed by atoms with E-state index in [-0.39, 0.29) is 16.8 Å². The maximum Gasteiger partial charge on any atom is 0.345 e. The van der Waals surface area contributed by atoms with Gasteiger partial charge in [-0.25, -0.2) is 4.79 Å². The van der Waals surface area contributed by atoms with Crippen LogP contribution in [0.4, 0.5) is 0 Å². The number of thiophene rings is 2. The number of hydrogen-bond acceptors (Lipinski definition) is 4. The van der Waals surface area contributed by atoms with E-state index in [1.165, 1.54) is 17.0 Å². The van der Waals surface area contributed by atoms with E-state index in [0.29, 0.717) is 4.88 Å². The van der Waals surface area contributed by atoms with Crippen molar-refractivity contribution in [2.75, 3.05) is 0 Å². The summed E-state index contributed by atoms with van der Waals surface area (Å²) in [5, 5.41) is 11.7. The first kappa shape index (κ1) is 13.8. The minimum atomic E-state index is -1.01. The summed E-state index contributed by atoms with van der Waals surface area (Å²) in [6.07, 6.45) is 0. The maximum atomic E-state index is 12.0. The molecule has 0 saturated carbocycles. The molecule has 0 aliphatic carbocycles. The average molecular weight is 295 g/mol. The van der Waals surface area contributed by atoms with Crippen LogP contribution in [0.25, 0.3) is 0 Å². The Balaban J connectivity index is 2.06. The topological polar surface area (TPSA) is 66.4 Å². The third-order valence-electron chi connectivity index (χ3n) is 2.58. The number of carbonyl (C=O) groups is 2. The van der Waals surface area contributed by atoms with Gasteiger partial charge in [-0.05, 0) is 38.1 Å². The van der Waals surface area contributed by atoms with Crippen LogP contribution in [-0.2, 0) is 0 Å². The van der Waals surface area contributed by atoms with E-state index >= 15 is 0 Å². The highest BCUT2D eigenvalue weighted by molar-refractivity contribution is 7.15. The number of carboxylic acid groups (broad SMARTS) is 1. The molecule has 0 bridgehead atoms. The van der Waals surface area contributed by atoms with Crippen molar-refractivity contribution >= 4 is 34.6 Å². The molecule has 1 unspecified atom stereocenters. The van der Waals surface area contributed by atoms with E-state index in [1.54, 1.807) is 11.3 Å². The number of aryl methyl sites for hydroxylation is 1. The van der Waals surface area contributed by atoms with Gasteiger partial charge in [0.2, 0.25) is 0 Å². The van der Waals surface area contributed by atoms with Crippen LogP contribution < -0.4 is 5.32 Å². The van der Waals surface area contributed by atoms with Crippen LogP contribution in [0.2, 0.25) is 0 Å². The van der Waals surface area contributed by atoms with Crippen molar-refractivity contribution in [3.05, 3.63) is 43.8 Å². The van der Waals surface area contributed by atoms with E-state index < -0.39 is 5.97 Å². The highest BCUT2D eigenvalue weighted by atomic mass is 32.1. The average Bonchev–Trinajstić information content (AvgIpc) is 2.96. The Bertz CT molecular complexity index is 615. The molecule has 2 heterocycles. The molecule has 4 nitrogen and oxygen atoms in total. The number of carboxylic acids is 1. The zero-order chi connectivity index (χ0) is 14.0. The van der Waals surface area contributed by atoms with Gasteiger partial charge in [-0.2, -0.15) is 0 Å². The van der Waals surface area contributed by atoms with Crippen LogP contribution in [0.3, 0.4) is 0 Å². The van der Waals surface area contributed by atoms with Crippen molar-refractivity contribution in [2.45, 2.75) is 19.9 Å². The van der Waals surface area contributed by atoms with Gasteiger partial charge in [0.15, 0.2) is 0 Å². The number of carbonyl (C=O) groups excluding carboxylic acids is 1. The third kappa shape index (κ3) is 3.21. The first-order chi connectivity index (χ1) is 8.97. The molecule has 2 aromatic heterocycles. The highest BCUT2D eigenvalue weighted by Crippen LogP contribution is 2.23. The highest BCUT2D eigenvalue weighted by Gasteiger charge is 2.16. The molecule has 1 atom stereocenters. The molecule has 19 heavy (non-hydrogen) atoms. The molecule has 0 saturated heterocycles. The van der Waals surface area contributed by atoms with E-state index in [9.17, 15) is 9.59 Å². The van der Waals surface area contributed by atoms with E-state index in [4.69, 9.17) is 5.11 Å². The minimum absolute atomic E-state index is 0.0819. The summed E-state index contributed by atoms with van der Waals surface area (Å²) in [5.41, 5.74) is 0. The molecule has 1 amide bonds. The third-order valence-corrected chi connectivity index (χ3v) is 4.83. The molecule has 6 heteroatoms. The quantitative estimate of drug-likeness (QED) is 0.909. The van der Waals surface area contributed by atoms with Crippen LogP contribution in [0.15, 0.2) is 24.3 Å². The Labute approximate surface area is 118 Å². The molecule has 100 valence electrons. The molecule has 2 rings (SSSR count). The molecule has 0 fully saturated rings. The van der Waals surface area contributed by atoms with Crippen molar-refractivity contribution in [3.63, 3.8) is 0 Å². The van der Waals surface area contributed by atoms with E-state index in [2.05, 4.69) is 5.32 Å². The van der Waals surface area contributed by atoms with Gasteiger partial charge in [0.05, 0.1) is 10.9 Å². The molecule has 0 aliphatic heterocycles. The second kappa shape index (κ2) is 5.54. The van der Waals surface area contributed by atoms with Crippen molar-refractivity contribution in [2.24, 2.45) is 0 Å². The largest absolute Gasteiger partial charge is 0.477 e. The molecule has 2 aromatic rings. The van der Waals surface area contributed by atoms with Gasteiger partial charge in [-0.15, -0.1) is 22.7 Å². The first-order valence-electron chi connectivity index (χ1n) is 5.67. The van der Waals surface area contributed by atoms with Crippen molar-refractivity contribution in [3.8, 4) is 0 Å². The van der Waals surface area contributed by atoms with E-state index in [0.717, 1.165) is 16.2 Å². The molecular weight excluding hydrogens is 282 g/mol. The number of nitrogens with one attached hydrogen (secondary N) is 1. The van der Waals surface area contributed by atoms with Crippen molar-refractivity contribution in [1.82, 2.24) is 5.32 Å². The summed E-state index contributed by atoms with van der Waals surface area (Å²) in [4.78, 5) is 25.6. The van der Waals surface area contributed by atoms with Crippen molar-refractivity contribution < 1.29 is 14.7 Å². The maximum absolute atomic E-state index is 12.0. The lowest BCUT2D eigenvalue weighted by Crippen LogP contribution is -2.25. The number of hydrogen-bond donors (Lipinski definition) is 2. The fourth-order valence-corrected chi connectivity index (χ4v) is 3.23. The zero-order valence-electron chi connectivity index (χ0n) is 10.5. The Hall–Kier alpha value is -1.66. The number of amides is 1. The summed E-state index contributed by atoms with van der Waals surface area (Å²) in [5.74, 6) is -1.25. The lowest BCUT2D eigenvalue weighted by molar-refractivity contribution is 0.0702. The number of aromatic carboxylic acids is 1. The van der Waals surface area contributed by atoms with Crippen LogP contribution >= 0.6 is 22.7 Å². The van der Waals surface area contributed by atoms with Crippen LogP contribution in [-0.4, -0.2) is 17.0 Å². The second-order valence-corrected chi connectivity index (χ2v) is 6.52. The Morgan fingerprint density at radius 2 is 1.84 bits per heavy atom. The smallest absolute Gasteiger partial charge is 0.345 e. The van der Waals surface area contributed by atoms with Crippen LogP contribution in [0, 0.1) is 6.92 Å². The Morgan fingerprint density at radius 1 is 1.16 bits per heavy atom. The zero-order valence-corrected chi connectivity index (χ0v) is 12.1. The molecule has 0 aromatic carbocycles. The van der Waals surface area contributed by atoms with Gasteiger partial charge in [0.25, 0.3) is 5.91 Å². The number of rotatable bonds is 4. The van der Waals surface area contributed by atoms with Gasteiger partial charge < -0.3 is 10.4 Å². The first-order valence-corrected chi connectivity index (χ1v) is 7.31. The SMILES string of the molecule is Cc1ccc(C(C)NC(=O)c2ccc(C(=O)O)s2)s1. The predicted octanol–water partition coefficient (Wildman–Crippen LogP) is 3.31. The fourth-order valence-electron chi connectivity index (χ4n) is 1.60. The van der Waals surface area contributed by atoms with Gasteiger partial charge >= 0.3 is 5.97 Å². The molecule has 2 N–H and O–H groups in total. The summed E-state index contributed by atoms with van der Waals surface area (Å²) >= 11 is 2.62. The van der Waals surface area contributed by atoms with E-state index in [1.807, 2.05) is 26.0 Å². The van der Waals surface area contributed by atoms with Gasteiger partial charge in [-0.3, -0.25) is 4.79 Å². The van der Waals surface area contributed by atoms with Crippen LogP contribution in [0.1, 0.15) is 42.1 Å². The van der Waals surface area contributed by atoms with Gasteiger partial charge in [0.1, 0.15) is 4.88 Å². The summed E-state index contributed by atoms with van der Waals surface area (Å²) in [7, 11) is 0. The predicted molar refractivity (Wildman–Crippen MR) is 76.2 cm³/mol. The minimum Gasteiger partial charge on any atom is -0.477 e. The van der Waals surface area contributed by atoms with Crippen molar-refractivity contribution in [1.29, 1.82) is 0 Å². The van der Waals surface area contributed by atoms with Crippen LogP contribution in [0.5, 0.6) is 0 Å².